The van der Waals surface area contributed by atoms with Crippen LogP contribution in [0.2, 0.25) is 0 Å². The molecule has 0 fully saturated rings. The van der Waals surface area contributed by atoms with E-state index in [4.69, 9.17) is 5.84 Å². The zero-order valence-electron chi connectivity index (χ0n) is 9.53. The van der Waals surface area contributed by atoms with Crippen molar-refractivity contribution in [1.29, 1.82) is 0 Å². The molecule has 2 N–H and O–H groups in total. The first-order valence-electron chi connectivity index (χ1n) is 5.17. The summed E-state index contributed by atoms with van der Waals surface area (Å²) in [5, 5.41) is 7.16. The summed E-state index contributed by atoms with van der Waals surface area (Å²) in [4.78, 5) is 4.22. The number of sulfonamides is 1. The molecule has 0 saturated carbocycles. The molecule has 1 aliphatic rings. The largest absolute Gasteiger partial charge is 0.282 e. The summed E-state index contributed by atoms with van der Waals surface area (Å²) >= 11 is 0. The van der Waals surface area contributed by atoms with E-state index in [0.717, 1.165) is 17.0 Å². The van der Waals surface area contributed by atoms with Crippen molar-refractivity contribution >= 4 is 21.5 Å². The summed E-state index contributed by atoms with van der Waals surface area (Å²) in [6.45, 7) is 3.81. The smallest absolute Gasteiger partial charge is 0.232 e. The van der Waals surface area contributed by atoms with E-state index in [0.29, 0.717) is 5.84 Å². The summed E-state index contributed by atoms with van der Waals surface area (Å²) in [5.41, 5.74) is 0.289. The van der Waals surface area contributed by atoms with Crippen molar-refractivity contribution in [3.8, 4) is 0 Å². The van der Waals surface area contributed by atoms with Crippen LogP contribution in [0.4, 0.5) is 5.69 Å². The van der Waals surface area contributed by atoms with Gasteiger partial charge < -0.3 is 0 Å². The van der Waals surface area contributed by atoms with E-state index in [1.54, 1.807) is 0 Å². The van der Waals surface area contributed by atoms with Crippen molar-refractivity contribution in [2.24, 2.45) is 16.8 Å². The highest BCUT2D eigenvalue weighted by Gasteiger charge is 2.34. The quantitative estimate of drug-likeness (QED) is 0.772. The number of nitrogens with two attached hydrogens (primary N) is 1. The normalized spacial score (nSPS) is 19.5. The third-order valence-corrected chi connectivity index (χ3v) is 4.30. The molecule has 7 nitrogen and oxygen atoms in total. The first kappa shape index (κ1) is 11.9. The Balaban J connectivity index is 2.65. The summed E-state index contributed by atoms with van der Waals surface area (Å²) in [5.74, 6) is 5.90. The Labute approximate surface area is 99.4 Å². The van der Waals surface area contributed by atoms with E-state index in [9.17, 15) is 8.42 Å². The minimum atomic E-state index is -3.75. The van der Waals surface area contributed by atoms with Crippen LogP contribution in [0.3, 0.4) is 0 Å². The van der Waals surface area contributed by atoms with Gasteiger partial charge in [0.1, 0.15) is 16.4 Å². The predicted octanol–water partition coefficient (Wildman–Crippen LogP) is 0.431. The maximum atomic E-state index is 12.1. The molecule has 2 heterocycles. The van der Waals surface area contributed by atoms with Crippen molar-refractivity contribution in [3.05, 3.63) is 12.4 Å². The third-order valence-electron chi connectivity index (χ3n) is 2.72. The lowest BCUT2D eigenvalue weighted by molar-refractivity contribution is 0.508. The van der Waals surface area contributed by atoms with Crippen molar-refractivity contribution in [2.75, 3.05) is 0 Å². The van der Waals surface area contributed by atoms with Crippen LogP contribution in [0.25, 0.3) is 0 Å². The number of hydrogen-bond acceptors (Lipinski definition) is 6. The number of hydrogen-bond donors (Lipinski definition) is 1. The molecule has 0 spiro atoms. The standard InChI is InChI=1S/C9H13N5O2S/c1-3-6(2)9-13-7-4-11-12-5-8(7)17(15,16)14(9)10/h4-6H,3,10H2,1-2H3. The molecule has 0 bridgehead atoms. The number of rotatable bonds is 2. The van der Waals surface area contributed by atoms with Crippen LogP contribution >= 0.6 is 0 Å². The number of nitrogens with zero attached hydrogens (tertiary/aromatic N) is 4. The number of amidine groups is 1. The molecule has 2 rings (SSSR count). The van der Waals surface area contributed by atoms with Gasteiger partial charge in [-0.1, -0.05) is 13.8 Å². The van der Waals surface area contributed by atoms with Gasteiger partial charge in [0.15, 0.2) is 0 Å². The number of aromatic nitrogens is 2. The van der Waals surface area contributed by atoms with Crippen LogP contribution in [0.5, 0.6) is 0 Å². The average Bonchev–Trinajstić information content (AvgIpc) is 2.33. The Morgan fingerprint density at radius 3 is 2.71 bits per heavy atom. The van der Waals surface area contributed by atoms with Gasteiger partial charge in [-0.05, 0) is 6.42 Å². The summed E-state index contributed by atoms with van der Waals surface area (Å²) in [7, 11) is -3.75. The minimum Gasteiger partial charge on any atom is -0.232 e. The minimum absolute atomic E-state index is 0.0120. The molecule has 1 atom stereocenters. The average molecular weight is 255 g/mol. The Kier molecular flexibility index (Phi) is 2.84. The molecule has 1 aromatic heterocycles. The van der Waals surface area contributed by atoms with E-state index in [1.807, 2.05) is 13.8 Å². The van der Waals surface area contributed by atoms with Crippen LogP contribution in [0.1, 0.15) is 20.3 Å². The molecule has 0 aliphatic carbocycles. The number of fused-ring (bicyclic) bond motifs is 1. The van der Waals surface area contributed by atoms with Crippen LogP contribution < -0.4 is 5.84 Å². The second kappa shape index (κ2) is 4.04. The predicted molar refractivity (Wildman–Crippen MR) is 61.8 cm³/mol. The number of hydrazine groups is 1. The molecule has 1 aromatic rings. The van der Waals surface area contributed by atoms with Gasteiger partial charge in [0, 0.05) is 5.92 Å². The Morgan fingerprint density at radius 1 is 1.41 bits per heavy atom. The highest BCUT2D eigenvalue weighted by Crippen LogP contribution is 2.30. The molecule has 8 heteroatoms. The Bertz CT molecular complexity index is 569. The molecule has 0 saturated heterocycles. The third kappa shape index (κ3) is 1.79. The maximum absolute atomic E-state index is 12.1. The number of aliphatic imine (C=N–C) groups is 1. The Morgan fingerprint density at radius 2 is 2.06 bits per heavy atom. The second-order valence-corrected chi connectivity index (χ2v) is 5.60. The van der Waals surface area contributed by atoms with Gasteiger partial charge in [0.05, 0.1) is 12.4 Å². The lowest BCUT2D eigenvalue weighted by Crippen LogP contribution is -2.46. The van der Waals surface area contributed by atoms with E-state index in [-0.39, 0.29) is 16.5 Å². The molecule has 1 unspecified atom stereocenters. The fraction of sp³-hybridized carbons (Fsp3) is 0.444. The molecule has 0 amide bonds. The van der Waals surface area contributed by atoms with Crippen molar-refractivity contribution in [1.82, 2.24) is 14.6 Å². The van der Waals surface area contributed by atoms with Gasteiger partial charge in [-0.15, -0.1) is 0 Å². The van der Waals surface area contributed by atoms with Crippen molar-refractivity contribution in [3.63, 3.8) is 0 Å². The highest BCUT2D eigenvalue weighted by atomic mass is 32.2. The molecule has 0 aromatic carbocycles. The first-order chi connectivity index (χ1) is 7.98. The second-order valence-electron chi connectivity index (χ2n) is 3.82. The van der Waals surface area contributed by atoms with Crippen LogP contribution in [0.15, 0.2) is 22.3 Å². The SMILES string of the molecule is CCC(C)C1=Nc2cnncc2S(=O)(=O)N1N. The zero-order chi connectivity index (χ0) is 12.6. The van der Waals surface area contributed by atoms with Crippen LogP contribution in [-0.2, 0) is 10.0 Å². The van der Waals surface area contributed by atoms with Crippen molar-refractivity contribution in [2.45, 2.75) is 25.2 Å². The topological polar surface area (TPSA) is 102 Å². The van der Waals surface area contributed by atoms with Crippen molar-refractivity contribution < 1.29 is 8.42 Å². The van der Waals surface area contributed by atoms with Crippen LogP contribution in [-0.4, -0.2) is 28.9 Å². The van der Waals surface area contributed by atoms with E-state index in [1.165, 1.54) is 6.20 Å². The zero-order valence-corrected chi connectivity index (χ0v) is 10.3. The molecule has 1 aliphatic heterocycles. The lowest BCUT2D eigenvalue weighted by atomic mass is 10.1. The van der Waals surface area contributed by atoms with Gasteiger partial charge in [-0.2, -0.15) is 23.0 Å². The lowest BCUT2D eigenvalue weighted by Gasteiger charge is -2.27. The summed E-state index contributed by atoms with van der Waals surface area (Å²) < 4.78 is 24.9. The molecule has 0 radical (unpaired) electrons. The molecular weight excluding hydrogens is 242 g/mol. The van der Waals surface area contributed by atoms with Gasteiger partial charge in [-0.25, -0.2) is 10.8 Å². The molecule has 17 heavy (non-hydrogen) atoms. The monoisotopic (exact) mass is 255 g/mol. The van der Waals surface area contributed by atoms with Crippen LogP contribution in [0, 0.1) is 5.92 Å². The summed E-state index contributed by atoms with van der Waals surface area (Å²) in [6, 6.07) is 0. The van der Waals surface area contributed by atoms with Gasteiger partial charge in [-0.3, -0.25) is 0 Å². The van der Waals surface area contributed by atoms with E-state index >= 15 is 0 Å². The van der Waals surface area contributed by atoms with E-state index in [2.05, 4.69) is 15.2 Å². The van der Waals surface area contributed by atoms with E-state index < -0.39 is 10.0 Å². The maximum Gasteiger partial charge on any atom is 0.282 e. The molecular formula is C9H13N5O2S. The van der Waals surface area contributed by atoms with Gasteiger partial charge >= 0.3 is 0 Å². The fourth-order valence-corrected chi connectivity index (χ4v) is 2.72. The van der Waals surface area contributed by atoms with Gasteiger partial charge in [0.25, 0.3) is 10.0 Å². The fourth-order valence-electron chi connectivity index (χ4n) is 1.50. The summed E-state index contributed by atoms with van der Waals surface area (Å²) in [6.07, 6.45) is 3.22. The molecule has 92 valence electrons. The van der Waals surface area contributed by atoms with Gasteiger partial charge in [0.2, 0.25) is 0 Å². The first-order valence-corrected chi connectivity index (χ1v) is 6.61. The Hall–Kier alpha value is -1.54. The highest BCUT2D eigenvalue weighted by molar-refractivity contribution is 7.89.